The largest absolute Gasteiger partial charge is 0.508 e. The van der Waals surface area contributed by atoms with Crippen LogP contribution in [0.5, 0.6) is 5.75 Å². The van der Waals surface area contributed by atoms with E-state index in [-0.39, 0.29) is 17.7 Å². The second kappa shape index (κ2) is 14.7. The Labute approximate surface area is 334 Å². The molecule has 0 saturated carbocycles. The van der Waals surface area contributed by atoms with Gasteiger partial charge in [-0.05, 0) is 120 Å². The summed E-state index contributed by atoms with van der Waals surface area (Å²) in [5.41, 5.74) is 11.1. The molecule has 4 aromatic carbocycles. The number of fused-ring (bicyclic) bond motifs is 2. The third kappa shape index (κ3) is 6.82. The summed E-state index contributed by atoms with van der Waals surface area (Å²) in [6.07, 6.45) is 9.82. The van der Waals surface area contributed by atoms with E-state index in [0.29, 0.717) is 48.6 Å². The second-order valence-corrected chi connectivity index (χ2v) is 17.0. The summed E-state index contributed by atoms with van der Waals surface area (Å²) in [7, 11) is 0. The van der Waals surface area contributed by atoms with E-state index in [1.165, 1.54) is 40.8 Å². The molecular formula is C48H50N6O3. The lowest BCUT2D eigenvalue weighted by Crippen LogP contribution is -2.50. The van der Waals surface area contributed by atoms with Crippen LogP contribution in [0.2, 0.25) is 0 Å². The zero-order chi connectivity index (χ0) is 38.6. The van der Waals surface area contributed by atoms with E-state index in [2.05, 4.69) is 99.3 Å². The molecule has 0 spiro atoms. The van der Waals surface area contributed by atoms with E-state index in [0.717, 1.165) is 68.0 Å². The minimum atomic E-state index is -0.452. The van der Waals surface area contributed by atoms with Gasteiger partial charge in [0.1, 0.15) is 11.8 Å². The predicted octanol–water partition coefficient (Wildman–Crippen LogP) is 7.64. The highest BCUT2D eigenvalue weighted by molar-refractivity contribution is 6.02. The number of rotatable bonds is 8. The molecule has 10 rings (SSSR count). The maximum atomic E-state index is 13.2. The molecule has 0 bridgehead atoms. The number of likely N-dealkylation sites (tertiary alicyclic amines) is 1. The molecule has 5 heterocycles. The first-order valence-corrected chi connectivity index (χ1v) is 20.8. The van der Waals surface area contributed by atoms with Gasteiger partial charge in [0.15, 0.2) is 0 Å². The number of anilines is 1. The molecule has 3 atom stereocenters. The van der Waals surface area contributed by atoms with Gasteiger partial charge in [0.25, 0.3) is 5.91 Å². The van der Waals surface area contributed by atoms with Gasteiger partial charge in [-0.2, -0.15) is 5.10 Å². The Morgan fingerprint density at radius 3 is 2.40 bits per heavy atom. The van der Waals surface area contributed by atoms with Crippen LogP contribution in [-0.2, 0) is 17.8 Å². The highest BCUT2D eigenvalue weighted by Gasteiger charge is 2.39. The molecule has 2 amide bonds. The van der Waals surface area contributed by atoms with Crippen LogP contribution < -0.4 is 10.2 Å². The number of hydrogen-bond donors (Lipinski definition) is 2. The van der Waals surface area contributed by atoms with Gasteiger partial charge in [-0.15, -0.1) is 0 Å². The van der Waals surface area contributed by atoms with Crippen LogP contribution >= 0.6 is 0 Å². The second-order valence-electron chi connectivity index (χ2n) is 17.0. The number of carbonyl (C=O) groups excluding carboxylic acids is 2. The number of piperidine rings is 2. The van der Waals surface area contributed by atoms with Gasteiger partial charge in [0.05, 0.1) is 12.2 Å². The number of nitrogens with zero attached hydrogens (tertiary/aromatic N) is 5. The van der Waals surface area contributed by atoms with E-state index >= 15 is 0 Å². The van der Waals surface area contributed by atoms with Gasteiger partial charge >= 0.3 is 0 Å². The Bertz CT molecular complexity index is 2320. The van der Waals surface area contributed by atoms with Crippen molar-refractivity contribution in [2.24, 2.45) is 5.92 Å². The van der Waals surface area contributed by atoms with Gasteiger partial charge in [-0.1, -0.05) is 61.2 Å². The third-order valence-electron chi connectivity index (χ3n) is 13.4. The summed E-state index contributed by atoms with van der Waals surface area (Å²) < 4.78 is 2.11. The zero-order valence-corrected chi connectivity index (χ0v) is 32.4. The highest BCUT2D eigenvalue weighted by atomic mass is 16.3. The van der Waals surface area contributed by atoms with Crippen molar-refractivity contribution in [1.82, 2.24) is 24.9 Å². The van der Waals surface area contributed by atoms with E-state index in [1.807, 2.05) is 30.5 Å². The number of allylic oxidation sites excluding steroid dienone is 1. The number of aromatic nitrogens is 2. The van der Waals surface area contributed by atoms with E-state index in [1.54, 1.807) is 4.90 Å². The number of amides is 2. The van der Waals surface area contributed by atoms with Crippen LogP contribution in [0.4, 0.5) is 5.69 Å². The van der Waals surface area contributed by atoms with E-state index in [4.69, 9.17) is 5.10 Å². The third-order valence-corrected chi connectivity index (χ3v) is 13.4. The van der Waals surface area contributed by atoms with Crippen LogP contribution in [0.3, 0.4) is 0 Å². The lowest BCUT2D eigenvalue weighted by Gasteiger charge is -2.43. The zero-order valence-electron chi connectivity index (χ0n) is 32.4. The van der Waals surface area contributed by atoms with Crippen molar-refractivity contribution in [3.05, 3.63) is 149 Å². The SMILES string of the molecule is C=C1CCC(N2Cc3cc(-c4cnn(C5CN(CC6CCN(c7ccc([C@@H]8c9ccc(O)cc9CC[C@@H]8c8ccccc8)cc7)CC6)C5)c4)ccc3C2=O)C(=O)N1. The van der Waals surface area contributed by atoms with Crippen LogP contribution in [0.15, 0.2) is 116 Å². The van der Waals surface area contributed by atoms with Crippen molar-refractivity contribution >= 4 is 17.5 Å². The normalized spacial score (nSPS) is 22.9. The first-order chi connectivity index (χ1) is 27.8. The molecule has 9 heteroatoms. The summed E-state index contributed by atoms with van der Waals surface area (Å²) >= 11 is 0. The van der Waals surface area contributed by atoms with Gasteiger partial charge < -0.3 is 20.2 Å². The van der Waals surface area contributed by atoms with Crippen molar-refractivity contribution in [3.63, 3.8) is 0 Å². The van der Waals surface area contributed by atoms with E-state index < -0.39 is 6.04 Å². The minimum absolute atomic E-state index is 0.0727. The fraction of sp³-hybridized carbons (Fsp3) is 0.354. The molecule has 290 valence electrons. The van der Waals surface area contributed by atoms with Crippen LogP contribution in [0, 0.1) is 5.92 Å². The molecular weight excluding hydrogens is 709 g/mol. The van der Waals surface area contributed by atoms with Gasteiger partial charge in [-0.3, -0.25) is 19.2 Å². The molecule has 1 unspecified atom stereocenters. The number of nitrogens with one attached hydrogen (secondary N) is 1. The van der Waals surface area contributed by atoms with Crippen LogP contribution in [-0.4, -0.2) is 75.3 Å². The monoisotopic (exact) mass is 758 g/mol. The summed E-state index contributed by atoms with van der Waals surface area (Å²) in [4.78, 5) is 32.7. The Hall–Kier alpha value is -5.67. The fourth-order valence-corrected chi connectivity index (χ4v) is 10.3. The standard InChI is InChI=1S/C48H50N6O3/c1-31-7-18-45(47(56)50-31)53-27-37-23-35(10-16-44(37)48(53)57)38-25-49-54(28-38)40-29-51(30-40)26-32-19-21-52(22-20-32)39-12-8-34(9-13-39)46-42(33-5-3-2-4-6-33)15-11-36-24-41(55)14-17-43(36)46/h2-6,8-10,12-14,16-17,23-25,28,32,40,42,45-46,55H,1,7,11,15,18-22,26-27,29-30H2,(H,50,56)/t42-,45?,46+/m1/s1. The summed E-state index contributed by atoms with van der Waals surface area (Å²) in [5, 5.41) is 17.8. The number of phenolic OH excluding ortho intramolecular Hbond substituents is 1. The molecule has 3 fully saturated rings. The summed E-state index contributed by atoms with van der Waals surface area (Å²) in [6.45, 7) is 9.64. The van der Waals surface area contributed by atoms with Gasteiger partial charge in [-0.25, -0.2) is 0 Å². The molecule has 9 nitrogen and oxygen atoms in total. The molecule has 0 radical (unpaired) electrons. The first-order valence-electron chi connectivity index (χ1n) is 20.8. The maximum absolute atomic E-state index is 13.2. The average molecular weight is 759 g/mol. The smallest absolute Gasteiger partial charge is 0.255 e. The number of aromatic hydroxyl groups is 1. The Morgan fingerprint density at radius 1 is 0.807 bits per heavy atom. The first kappa shape index (κ1) is 35.7. The lowest BCUT2D eigenvalue weighted by atomic mass is 9.69. The van der Waals surface area contributed by atoms with Gasteiger partial charge in [0, 0.05) is 73.9 Å². The molecule has 3 saturated heterocycles. The molecule has 4 aliphatic heterocycles. The number of carbonyl (C=O) groups is 2. The molecule has 5 aromatic rings. The van der Waals surface area contributed by atoms with Crippen molar-refractivity contribution in [2.45, 2.75) is 69.0 Å². The number of hydrogen-bond acceptors (Lipinski definition) is 6. The predicted molar refractivity (Wildman–Crippen MR) is 222 cm³/mol. The number of benzene rings is 4. The Kier molecular flexibility index (Phi) is 9.20. The molecule has 2 N–H and O–H groups in total. The minimum Gasteiger partial charge on any atom is -0.508 e. The van der Waals surface area contributed by atoms with E-state index in [9.17, 15) is 14.7 Å². The molecule has 5 aliphatic rings. The van der Waals surface area contributed by atoms with Crippen LogP contribution in [0.1, 0.15) is 88.2 Å². The van der Waals surface area contributed by atoms with Crippen molar-refractivity contribution in [3.8, 4) is 16.9 Å². The fourth-order valence-electron chi connectivity index (χ4n) is 10.3. The van der Waals surface area contributed by atoms with Crippen molar-refractivity contribution in [1.29, 1.82) is 0 Å². The quantitative estimate of drug-likeness (QED) is 0.169. The maximum Gasteiger partial charge on any atom is 0.255 e. The lowest BCUT2D eigenvalue weighted by molar-refractivity contribution is -0.126. The number of phenols is 1. The molecule has 57 heavy (non-hydrogen) atoms. The Balaban J connectivity index is 0.725. The van der Waals surface area contributed by atoms with Crippen molar-refractivity contribution in [2.75, 3.05) is 37.6 Å². The Morgan fingerprint density at radius 2 is 1.61 bits per heavy atom. The van der Waals surface area contributed by atoms with Crippen LogP contribution in [0.25, 0.3) is 11.1 Å². The topological polar surface area (TPSA) is 93.9 Å². The summed E-state index contributed by atoms with van der Waals surface area (Å²) in [5.74, 6) is 1.51. The molecule has 1 aromatic heterocycles. The average Bonchev–Trinajstić information content (AvgIpc) is 3.83. The summed E-state index contributed by atoms with van der Waals surface area (Å²) in [6, 6.07) is 32.2. The van der Waals surface area contributed by atoms with Crippen molar-refractivity contribution < 1.29 is 14.7 Å². The highest BCUT2D eigenvalue weighted by Crippen LogP contribution is 2.47. The number of aryl methyl sites for hydroxylation is 1. The molecule has 1 aliphatic carbocycles. The van der Waals surface area contributed by atoms with Gasteiger partial charge in [0.2, 0.25) is 5.91 Å².